The van der Waals surface area contributed by atoms with Crippen LogP contribution in [0.5, 0.6) is 0 Å². The summed E-state index contributed by atoms with van der Waals surface area (Å²) in [6, 6.07) is 8.21. The topological polar surface area (TPSA) is 53.2 Å². The van der Waals surface area contributed by atoms with E-state index in [1.54, 1.807) is 0 Å². The van der Waals surface area contributed by atoms with Crippen LogP contribution in [0.15, 0.2) is 24.3 Å². The number of piperidine rings is 1. The van der Waals surface area contributed by atoms with Gasteiger partial charge in [0.2, 0.25) is 0 Å². The average molecular weight is 261 g/mol. The molecule has 1 heterocycles. The summed E-state index contributed by atoms with van der Waals surface area (Å²) in [5.41, 5.74) is 2.13. The van der Waals surface area contributed by atoms with Crippen molar-refractivity contribution in [3.05, 3.63) is 29.8 Å². The number of benzene rings is 1. The second-order valence-electron chi connectivity index (χ2n) is 5.40. The molecule has 0 atom stereocenters. The van der Waals surface area contributed by atoms with Crippen molar-refractivity contribution in [3.63, 3.8) is 0 Å². The van der Waals surface area contributed by atoms with Crippen LogP contribution in [0.4, 0.5) is 10.5 Å². The number of carbonyl (C=O) groups excluding carboxylic acids is 1. The largest absolute Gasteiger partial charge is 0.335 e. The van der Waals surface area contributed by atoms with Gasteiger partial charge in [0.15, 0.2) is 0 Å². The lowest BCUT2D eigenvalue weighted by atomic mass is 10.0. The van der Waals surface area contributed by atoms with Gasteiger partial charge in [0.1, 0.15) is 0 Å². The Morgan fingerprint density at radius 3 is 2.42 bits per heavy atom. The van der Waals surface area contributed by atoms with Gasteiger partial charge < -0.3 is 16.0 Å². The van der Waals surface area contributed by atoms with E-state index in [-0.39, 0.29) is 12.1 Å². The number of anilines is 1. The first-order valence-corrected chi connectivity index (χ1v) is 7.03. The molecule has 2 rings (SSSR count). The number of rotatable bonds is 3. The monoisotopic (exact) mass is 261 g/mol. The van der Waals surface area contributed by atoms with Crippen LogP contribution in [0, 0.1) is 0 Å². The molecule has 19 heavy (non-hydrogen) atoms. The third kappa shape index (κ3) is 4.24. The third-order valence-corrected chi connectivity index (χ3v) is 3.51. The van der Waals surface area contributed by atoms with E-state index in [0.717, 1.165) is 31.6 Å². The van der Waals surface area contributed by atoms with E-state index >= 15 is 0 Å². The van der Waals surface area contributed by atoms with Gasteiger partial charge in [-0.05, 0) is 49.5 Å². The zero-order chi connectivity index (χ0) is 13.7. The molecule has 1 fully saturated rings. The Morgan fingerprint density at radius 1 is 1.21 bits per heavy atom. The maximum Gasteiger partial charge on any atom is 0.319 e. The van der Waals surface area contributed by atoms with E-state index in [1.807, 2.05) is 12.1 Å². The average Bonchev–Trinajstić information content (AvgIpc) is 2.40. The summed E-state index contributed by atoms with van der Waals surface area (Å²) in [4.78, 5) is 11.9. The predicted molar refractivity (Wildman–Crippen MR) is 78.6 cm³/mol. The molecule has 0 unspecified atom stereocenters. The SMILES string of the molecule is CC(C)c1ccc(NC(=O)NC2CCNCC2)cc1. The third-order valence-electron chi connectivity index (χ3n) is 3.51. The van der Waals surface area contributed by atoms with E-state index < -0.39 is 0 Å². The van der Waals surface area contributed by atoms with Crippen molar-refractivity contribution in [2.75, 3.05) is 18.4 Å². The van der Waals surface area contributed by atoms with E-state index in [1.165, 1.54) is 5.56 Å². The fourth-order valence-electron chi connectivity index (χ4n) is 2.27. The van der Waals surface area contributed by atoms with E-state index in [0.29, 0.717) is 5.92 Å². The Labute approximate surface area is 115 Å². The van der Waals surface area contributed by atoms with Gasteiger partial charge in [0.05, 0.1) is 0 Å². The van der Waals surface area contributed by atoms with E-state index in [9.17, 15) is 4.79 Å². The molecule has 0 aromatic heterocycles. The summed E-state index contributed by atoms with van der Waals surface area (Å²) in [6.45, 7) is 6.28. The van der Waals surface area contributed by atoms with Crippen molar-refractivity contribution in [2.24, 2.45) is 0 Å². The molecule has 0 radical (unpaired) electrons. The Bertz CT molecular complexity index is 408. The van der Waals surface area contributed by atoms with Crippen LogP contribution >= 0.6 is 0 Å². The van der Waals surface area contributed by atoms with Gasteiger partial charge in [0.25, 0.3) is 0 Å². The molecular formula is C15H23N3O. The van der Waals surface area contributed by atoms with Gasteiger partial charge in [-0.1, -0.05) is 26.0 Å². The van der Waals surface area contributed by atoms with E-state index in [4.69, 9.17) is 0 Å². The molecule has 1 aliphatic heterocycles. The highest BCUT2D eigenvalue weighted by Gasteiger charge is 2.15. The molecule has 0 spiro atoms. The van der Waals surface area contributed by atoms with Crippen molar-refractivity contribution in [2.45, 2.75) is 38.6 Å². The maximum atomic E-state index is 11.9. The fourth-order valence-corrected chi connectivity index (χ4v) is 2.27. The van der Waals surface area contributed by atoms with Crippen LogP contribution in [0.2, 0.25) is 0 Å². The summed E-state index contributed by atoms with van der Waals surface area (Å²) in [6.07, 6.45) is 2.00. The summed E-state index contributed by atoms with van der Waals surface area (Å²) >= 11 is 0. The van der Waals surface area contributed by atoms with Gasteiger partial charge in [-0.3, -0.25) is 0 Å². The first-order valence-electron chi connectivity index (χ1n) is 7.03. The summed E-state index contributed by atoms with van der Waals surface area (Å²) in [7, 11) is 0. The molecule has 0 saturated carbocycles. The lowest BCUT2D eigenvalue weighted by molar-refractivity contribution is 0.245. The fraction of sp³-hybridized carbons (Fsp3) is 0.533. The van der Waals surface area contributed by atoms with Gasteiger partial charge in [-0.2, -0.15) is 0 Å². The van der Waals surface area contributed by atoms with Crippen molar-refractivity contribution in [1.82, 2.24) is 10.6 Å². The van der Waals surface area contributed by atoms with Crippen LogP contribution in [0.3, 0.4) is 0 Å². The molecule has 4 heteroatoms. The highest BCUT2D eigenvalue weighted by atomic mass is 16.2. The van der Waals surface area contributed by atoms with E-state index in [2.05, 4.69) is 41.9 Å². The van der Waals surface area contributed by atoms with Crippen molar-refractivity contribution >= 4 is 11.7 Å². The zero-order valence-corrected chi connectivity index (χ0v) is 11.7. The van der Waals surface area contributed by atoms with Crippen LogP contribution in [0.1, 0.15) is 38.2 Å². The molecule has 2 amide bonds. The molecule has 1 aromatic rings. The normalized spacial score (nSPS) is 16.4. The van der Waals surface area contributed by atoms with Gasteiger partial charge in [0, 0.05) is 11.7 Å². The minimum atomic E-state index is -0.107. The number of carbonyl (C=O) groups is 1. The lowest BCUT2D eigenvalue weighted by Gasteiger charge is -2.23. The summed E-state index contributed by atoms with van der Waals surface area (Å²) < 4.78 is 0. The van der Waals surface area contributed by atoms with Crippen LogP contribution in [0.25, 0.3) is 0 Å². The lowest BCUT2D eigenvalue weighted by Crippen LogP contribution is -2.44. The highest BCUT2D eigenvalue weighted by Crippen LogP contribution is 2.17. The van der Waals surface area contributed by atoms with Crippen molar-refractivity contribution in [1.29, 1.82) is 0 Å². The quantitative estimate of drug-likeness (QED) is 0.783. The van der Waals surface area contributed by atoms with Gasteiger partial charge >= 0.3 is 6.03 Å². The number of hydrogen-bond acceptors (Lipinski definition) is 2. The minimum Gasteiger partial charge on any atom is -0.335 e. The molecule has 1 aromatic carbocycles. The van der Waals surface area contributed by atoms with Crippen LogP contribution < -0.4 is 16.0 Å². The predicted octanol–water partition coefficient (Wildman–Crippen LogP) is 2.68. The highest BCUT2D eigenvalue weighted by molar-refractivity contribution is 5.89. The maximum absolute atomic E-state index is 11.9. The molecule has 0 bridgehead atoms. The molecule has 4 nitrogen and oxygen atoms in total. The number of nitrogens with one attached hydrogen (secondary N) is 3. The molecular weight excluding hydrogens is 238 g/mol. The summed E-state index contributed by atoms with van der Waals surface area (Å²) in [5.74, 6) is 0.512. The first kappa shape index (κ1) is 13.9. The molecule has 1 aliphatic rings. The second-order valence-corrected chi connectivity index (χ2v) is 5.40. The van der Waals surface area contributed by atoms with Crippen molar-refractivity contribution in [3.8, 4) is 0 Å². The Morgan fingerprint density at radius 2 is 1.84 bits per heavy atom. The molecule has 3 N–H and O–H groups in total. The second kappa shape index (κ2) is 6.57. The minimum absolute atomic E-state index is 0.107. The first-order chi connectivity index (χ1) is 9.15. The van der Waals surface area contributed by atoms with Crippen LogP contribution in [-0.4, -0.2) is 25.2 Å². The smallest absolute Gasteiger partial charge is 0.319 e. The number of hydrogen-bond donors (Lipinski definition) is 3. The summed E-state index contributed by atoms with van der Waals surface area (Å²) in [5, 5.41) is 9.18. The molecule has 1 saturated heterocycles. The Hall–Kier alpha value is -1.55. The molecule has 104 valence electrons. The number of amides is 2. The number of urea groups is 1. The molecule has 0 aliphatic carbocycles. The Balaban J connectivity index is 1.84. The standard InChI is InChI=1S/C15H23N3O/c1-11(2)12-3-5-13(6-4-12)17-15(19)18-14-7-9-16-10-8-14/h3-6,11,14,16H,7-10H2,1-2H3,(H2,17,18,19). The van der Waals surface area contributed by atoms with Gasteiger partial charge in [-0.15, -0.1) is 0 Å². The van der Waals surface area contributed by atoms with Gasteiger partial charge in [-0.25, -0.2) is 4.79 Å². The Kier molecular flexibility index (Phi) is 4.80. The zero-order valence-electron chi connectivity index (χ0n) is 11.7. The van der Waals surface area contributed by atoms with Crippen LogP contribution in [-0.2, 0) is 0 Å². The van der Waals surface area contributed by atoms with Crippen molar-refractivity contribution < 1.29 is 4.79 Å².